The van der Waals surface area contributed by atoms with Gasteiger partial charge in [-0.3, -0.25) is 9.59 Å². The molecule has 0 radical (unpaired) electrons. The van der Waals surface area contributed by atoms with Crippen LogP contribution >= 0.6 is 0 Å². The molecule has 1 saturated carbocycles. The van der Waals surface area contributed by atoms with E-state index in [9.17, 15) is 9.59 Å². The number of rotatable bonds is 9. The van der Waals surface area contributed by atoms with Crippen molar-refractivity contribution < 1.29 is 14.3 Å². The smallest absolute Gasteiger partial charge is 0.245 e. The highest BCUT2D eigenvalue weighted by Gasteiger charge is 2.28. The molecule has 0 spiro atoms. The largest absolute Gasteiger partial charge is 0.490 e. The van der Waals surface area contributed by atoms with Crippen molar-refractivity contribution >= 4 is 11.8 Å². The van der Waals surface area contributed by atoms with E-state index in [0.717, 1.165) is 55.6 Å². The van der Waals surface area contributed by atoms with Gasteiger partial charge in [0.05, 0.1) is 6.10 Å². The van der Waals surface area contributed by atoms with Crippen LogP contribution in [0.25, 0.3) is 0 Å². The van der Waals surface area contributed by atoms with Crippen molar-refractivity contribution in [3.63, 3.8) is 0 Å². The van der Waals surface area contributed by atoms with Gasteiger partial charge in [-0.15, -0.1) is 0 Å². The lowest BCUT2D eigenvalue weighted by Crippen LogP contribution is -2.49. The molecule has 1 aliphatic heterocycles. The molecular weight excluding hydrogens is 400 g/mol. The van der Waals surface area contributed by atoms with Crippen LogP contribution in [0.1, 0.15) is 56.1 Å². The van der Waals surface area contributed by atoms with E-state index in [4.69, 9.17) is 4.74 Å². The number of aryl methyl sites for hydroxylation is 1. The molecular formula is C27H34N2O3. The summed E-state index contributed by atoms with van der Waals surface area (Å²) in [5.41, 5.74) is 2.14. The van der Waals surface area contributed by atoms with E-state index in [2.05, 4.69) is 5.32 Å². The first kappa shape index (κ1) is 22.4. The third-order valence-corrected chi connectivity index (χ3v) is 6.48. The Balaban J connectivity index is 1.33. The Labute approximate surface area is 191 Å². The molecule has 1 saturated heterocycles. The number of ether oxygens (including phenoxy) is 1. The first-order chi connectivity index (χ1) is 15.7. The fraction of sp³-hybridized carbons (Fsp3) is 0.481. The second kappa shape index (κ2) is 11.2. The van der Waals surface area contributed by atoms with Crippen LogP contribution in [-0.4, -0.2) is 41.9 Å². The first-order valence-corrected chi connectivity index (χ1v) is 12.0. The number of carbonyl (C=O) groups is 2. The van der Waals surface area contributed by atoms with E-state index in [0.29, 0.717) is 25.4 Å². The highest BCUT2D eigenvalue weighted by Crippen LogP contribution is 2.25. The van der Waals surface area contributed by atoms with Gasteiger partial charge in [0.2, 0.25) is 11.8 Å². The molecule has 1 heterocycles. The quantitative estimate of drug-likeness (QED) is 0.641. The second-order valence-electron chi connectivity index (χ2n) is 9.01. The summed E-state index contributed by atoms with van der Waals surface area (Å²) in [5, 5.41) is 3.02. The van der Waals surface area contributed by atoms with E-state index in [1.54, 1.807) is 0 Å². The van der Waals surface area contributed by atoms with Gasteiger partial charge in [0.25, 0.3) is 0 Å². The molecule has 5 heteroatoms. The Morgan fingerprint density at radius 3 is 2.41 bits per heavy atom. The van der Waals surface area contributed by atoms with Gasteiger partial charge >= 0.3 is 0 Å². The molecule has 2 amide bonds. The molecule has 4 rings (SSSR count). The fourth-order valence-corrected chi connectivity index (χ4v) is 4.71. The van der Waals surface area contributed by atoms with Gasteiger partial charge in [-0.05, 0) is 68.2 Å². The Morgan fingerprint density at radius 2 is 1.66 bits per heavy atom. The van der Waals surface area contributed by atoms with E-state index in [1.165, 1.54) is 12.8 Å². The molecule has 2 aromatic carbocycles. The van der Waals surface area contributed by atoms with Crippen LogP contribution in [0.3, 0.4) is 0 Å². The van der Waals surface area contributed by atoms with Crippen molar-refractivity contribution in [2.75, 3.05) is 13.1 Å². The first-order valence-electron chi connectivity index (χ1n) is 12.0. The third-order valence-electron chi connectivity index (χ3n) is 6.48. The lowest BCUT2D eigenvalue weighted by molar-refractivity contribution is -0.135. The Kier molecular flexibility index (Phi) is 7.81. The number of amides is 2. The summed E-state index contributed by atoms with van der Waals surface area (Å²) in [4.78, 5) is 27.7. The Hall–Kier alpha value is -2.82. The lowest BCUT2D eigenvalue weighted by atomic mass is 10.0. The van der Waals surface area contributed by atoms with Crippen LogP contribution in [0, 0.1) is 0 Å². The van der Waals surface area contributed by atoms with Crippen LogP contribution in [-0.2, 0) is 22.4 Å². The van der Waals surface area contributed by atoms with Crippen LogP contribution < -0.4 is 10.1 Å². The number of carbonyl (C=O) groups excluding carboxylic acids is 2. The standard InChI is InChI=1S/C27H34N2O3/c30-26(16-15-22-11-8-14-24(19-22)32-23-12-4-5-13-23)28-25(20-21-9-2-1-3-10-21)27(31)29-17-6-7-18-29/h1-3,8-11,14,19,23,25H,4-7,12-13,15-18,20H2,(H,28,30). The van der Waals surface area contributed by atoms with Crippen LogP contribution in [0.5, 0.6) is 5.75 Å². The summed E-state index contributed by atoms with van der Waals surface area (Å²) < 4.78 is 6.09. The molecule has 2 fully saturated rings. The maximum Gasteiger partial charge on any atom is 0.245 e. The number of benzene rings is 2. The van der Waals surface area contributed by atoms with E-state index in [1.807, 2.05) is 59.5 Å². The summed E-state index contributed by atoms with van der Waals surface area (Å²) in [7, 11) is 0. The van der Waals surface area contributed by atoms with Crippen molar-refractivity contribution in [1.82, 2.24) is 10.2 Å². The number of nitrogens with one attached hydrogen (secondary N) is 1. The average Bonchev–Trinajstić information content (AvgIpc) is 3.52. The predicted octanol–water partition coefficient (Wildman–Crippen LogP) is 4.29. The van der Waals surface area contributed by atoms with Gasteiger partial charge in [0.1, 0.15) is 11.8 Å². The minimum Gasteiger partial charge on any atom is -0.490 e. The van der Waals surface area contributed by atoms with Gasteiger partial charge in [-0.1, -0.05) is 42.5 Å². The fourth-order valence-electron chi connectivity index (χ4n) is 4.71. The molecule has 1 N–H and O–H groups in total. The zero-order chi connectivity index (χ0) is 22.2. The molecule has 0 bridgehead atoms. The lowest BCUT2D eigenvalue weighted by Gasteiger charge is -2.24. The van der Waals surface area contributed by atoms with Crippen molar-refractivity contribution in [3.8, 4) is 5.75 Å². The zero-order valence-electron chi connectivity index (χ0n) is 18.8. The van der Waals surface area contributed by atoms with Crippen LogP contribution in [0.15, 0.2) is 54.6 Å². The highest BCUT2D eigenvalue weighted by molar-refractivity contribution is 5.88. The van der Waals surface area contributed by atoms with Crippen molar-refractivity contribution in [2.45, 2.75) is 69.9 Å². The van der Waals surface area contributed by atoms with Gasteiger partial charge in [-0.25, -0.2) is 0 Å². The molecule has 5 nitrogen and oxygen atoms in total. The van der Waals surface area contributed by atoms with Crippen molar-refractivity contribution in [3.05, 3.63) is 65.7 Å². The molecule has 170 valence electrons. The monoisotopic (exact) mass is 434 g/mol. The molecule has 1 atom stereocenters. The normalized spacial score (nSPS) is 17.3. The summed E-state index contributed by atoms with van der Waals surface area (Å²) in [6.45, 7) is 1.57. The van der Waals surface area contributed by atoms with Gasteiger partial charge in [0.15, 0.2) is 0 Å². The van der Waals surface area contributed by atoms with Crippen molar-refractivity contribution in [2.24, 2.45) is 0 Å². The summed E-state index contributed by atoms with van der Waals surface area (Å²) in [5.74, 6) is 0.841. The van der Waals surface area contributed by atoms with E-state index in [-0.39, 0.29) is 11.8 Å². The third kappa shape index (κ3) is 6.35. The minimum atomic E-state index is -0.514. The second-order valence-corrected chi connectivity index (χ2v) is 9.01. The molecule has 1 aliphatic carbocycles. The molecule has 1 unspecified atom stereocenters. The highest BCUT2D eigenvalue weighted by atomic mass is 16.5. The average molecular weight is 435 g/mol. The zero-order valence-corrected chi connectivity index (χ0v) is 18.8. The topological polar surface area (TPSA) is 58.6 Å². The van der Waals surface area contributed by atoms with Crippen molar-refractivity contribution in [1.29, 1.82) is 0 Å². The maximum atomic E-state index is 13.1. The summed E-state index contributed by atoms with van der Waals surface area (Å²) >= 11 is 0. The predicted molar refractivity (Wildman–Crippen MR) is 126 cm³/mol. The van der Waals surface area contributed by atoms with Gasteiger partial charge in [-0.2, -0.15) is 0 Å². The molecule has 32 heavy (non-hydrogen) atoms. The number of hydrogen-bond acceptors (Lipinski definition) is 3. The van der Waals surface area contributed by atoms with Gasteiger partial charge < -0.3 is 15.0 Å². The number of nitrogens with zero attached hydrogens (tertiary/aromatic N) is 1. The number of hydrogen-bond donors (Lipinski definition) is 1. The molecule has 0 aromatic heterocycles. The Morgan fingerprint density at radius 1 is 0.938 bits per heavy atom. The SMILES string of the molecule is O=C(CCc1cccc(OC2CCCC2)c1)NC(Cc1ccccc1)C(=O)N1CCCC1. The Bertz CT molecular complexity index is 887. The number of likely N-dealkylation sites (tertiary alicyclic amines) is 1. The minimum absolute atomic E-state index is 0.0339. The maximum absolute atomic E-state index is 13.1. The van der Waals surface area contributed by atoms with E-state index < -0.39 is 6.04 Å². The summed E-state index contributed by atoms with van der Waals surface area (Å²) in [6, 6.07) is 17.5. The van der Waals surface area contributed by atoms with Crippen LogP contribution in [0.2, 0.25) is 0 Å². The molecule has 2 aromatic rings. The van der Waals surface area contributed by atoms with E-state index >= 15 is 0 Å². The molecule has 2 aliphatic rings. The summed E-state index contributed by atoms with van der Waals surface area (Å²) in [6.07, 6.45) is 8.63. The van der Waals surface area contributed by atoms with Gasteiger partial charge in [0, 0.05) is 25.9 Å². The van der Waals surface area contributed by atoms with Crippen LogP contribution in [0.4, 0.5) is 0 Å².